The van der Waals surface area contributed by atoms with Gasteiger partial charge in [-0.2, -0.15) is 0 Å². The number of carbonyl (C=O) groups excluding carboxylic acids is 1. The van der Waals surface area contributed by atoms with E-state index in [2.05, 4.69) is 4.98 Å². The lowest BCUT2D eigenvalue weighted by Crippen LogP contribution is -2.26. The number of nitrogens with zero attached hydrogens (tertiary/aromatic N) is 1. The van der Waals surface area contributed by atoms with Crippen LogP contribution in [-0.2, 0) is 11.3 Å². The van der Waals surface area contributed by atoms with E-state index in [0.29, 0.717) is 12.1 Å². The number of oxazole rings is 1. The van der Waals surface area contributed by atoms with Crippen molar-refractivity contribution in [3.63, 3.8) is 0 Å². The molecule has 3 rings (SSSR count). The van der Waals surface area contributed by atoms with Gasteiger partial charge in [0.05, 0.1) is 0 Å². The highest BCUT2D eigenvalue weighted by molar-refractivity contribution is 5.82. The average molecular weight is 395 g/mol. The van der Waals surface area contributed by atoms with E-state index in [0.717, 1.165) is 0 Å². The molecule has 1 aromatic heterocycles. The van der Waals surface area contributed by atoms with Crippen molar-refractivity contribution in [1.29, 1.82) is 0 Å². The zero-order valence-electron chi connectivity index (χ0n) is 15.2. The van der Waals surface area contributed by atoms with Crippen LogP contribution in [0.15, 0.2) is 34.7 Å². The summed E-state index contributed by atoms with van der Waals surface area (Å²) in [5, 5.41) is 0. The number of hydrogen-bond donors (Lipinski definition) is 0. The second-order valence-electron chi connectivity index (χ2n) is 6.76. The lowest BCUT2D eigenvalue weighted by atomic mass is 10.2. The number of rotatable bonds is 4. The summed E-state index contributed by atoms with van der Waals surface area (Å²) in [5.41, 5.74) is -0.274. The summed E-state index contributed by atoms with van der Waals surface area (Å²) >= 11 is 0. The van der Waals surface area contributed by atoms with Gasteiger partial charge in [0, 0.05) is 12.1 Å². The predicted octanol–water partition coefficient (Wildman–Crippen LogP) is 5.14. The molecule has 0 saturated carbocycles. The van der Waals surface area contributed by atoms with Crippen LogP contribution in [0.5, 0.6) is 11.5 Å². The Hall–Kier alpha value is -3.23. The molecular formula is C19H16F3NO5. The fraction of sp³-hybridized carbons (Fsp3) is 0.263. The molecule has 0 amide bonds. The number of aromatic nitrogens is 1. The van der Waals surface area contributed by atoms with E-state index < -0.39 is 41.6 Å². The lowest BCUT2D eigenvalue weighted by Gasteiger charge is -2.18. The van der Waals surface area contributed by atoms with Crippen LogP contribution in [-0.4, -0.2) is 16.7 Å². The molecule has 28 heavy (non-hydrogen) atoms. The van der Waals surface area contributed by atoms with E-state index in [4.69, 9.17) is 18.6 Å². The molecule has 0 fully saturated rings. The Morgan fingerprint density at radius 3 is 2.46 bits per heavy atom. The van der Waals surface area contributed by atoms with Crippen LogP contribution < -0.4 is 9.47 Å². The second-order valence-corrected chi connectivity index (χ2v) is 6.76. The van der Waals surface area contributed by atoms with E-state index in [1.807, 2.05) is 0 Å². The SMILES string of the molecule is CC(C)(C)OC(=O)Oc1cccc2oc(COc3c(F)cc(F)cc3F)nc12. The zero-order chi connectivity index (χ0) is 20.5. The fourth-order valence-corrected chi connectivity index (χ4v) is 2.27. The van der Waals surface area contributed by atoms with Crippen molar-refractivity contribution in [2.45, 2.75) is 33.0 Å². The van der Waals surface area contributed by atoms with Crippen molar-refractivity contribution in [2.75, 3.05) is 0 Å². The summed E-state index contributed by atoms with van der Waals surface area (Å²) < 4.78 is 60.9. The van der Waals surface area contributed by atoms with Crippen molar-refractivity contribution < 1.29 is 36.6 Å². The van der Waals surface area contributed by atoms with E-state index in [1.165, 1.54) is 6.07 Å². The molecule has 0 saturated heterocycles. The monoisotopic (exact) mass is 395 g/mol. The van der Waals surface area contributed by atoms with Gasteiger partial charge in [0.1, 0.15) is 11.4 Å². The molecule has 0 N–H and O–H groups in total. The highest BCUT2D eigenvalue weighted by Gasteiger charge is 2.21. The van der Waals surface area contributed by atoms with Crippen LogP contribution >= 0.6 is 0 Å². The van der Waals surface area contributed by atoms with Gasteiger partial charge in [-0.3, -0.25) is 0 Å². The van der Waals surface area contributed by atoms with Crippen LogP contribution in [0.25, 0.3) is 11.1 Å². The first-order valence-corrected chi connectivity index (χ1v) is 8.19. The van der Waals surface area contributed by atoms with Crippen molar-refractivity contribution in [2.24, 2.45) is 0 Å². The molecule has 9 heteroatoms. The Morgan fingerprint density at radius 1 is 1.14 bits per heavy atom. The standard InChI is InChI=1S/C19H16F3NO5/c1-19(2,3)28-18(24)27-14-6-4-5-13-16(14)23-15(26-13)9-25-17-11(21)7-10(20)8-12(17)22/h4-8H,9H2,1-3H3. The van der Waals surface area contributed by atoms with Crippen LogP contribution in [0.2, 0.25) is 0 Å². The molecule has 148 valence electrons. The van der Waals surface area contributed by atoms with Crippen molar-refractivity contribution in [3.8, 4) is 11.5 Å². The van der Waals surface area contributed by atoms with Crippen molar-refractivity contribution in [3.05, 3.63) is 53.7 Å². The molecule has 0 spiro atoms. The summed E-state index contributed by atoms with van der Waals surface area (Å²) in [7, 11) is 0. The highest BCUT2D eigenvalue weighted by atomic mass is 19.1. The number of benzene rings is 2. The molecule has 6 nitrogen and oxygen atoms in total. The maximum Gasteiger partial charge on any atom is 0.514 e. The molecular weight excluding hydrogens is 379 g/mol. The Bertz CT molecular complexity index is 1000. The molecule has 0 atom stereocenters. The number of ether oxygens (including phenoxy) is 3. The van der Waals surface area contributed by atoms with Crippen LogP contribution in [0, 0.1) is 17.5 Å². The quantitative estimate of drug-likeness (QED) is 0.450. The predicted molar refractivity (Wildman–Crippen MR) is 91.5 cm³/mol. The number of halogens is 3. The second kappa shape index (κ2) is 7.41. The minimum atomic E-state index is -1.19. The number of hydrogen-bond acceptors (Lipinski definition) is 6. The van der Waals surface area contributed by atoms with Crippen molar-refractivity contribution >= 4 is 17.3 Å². The first-order valence-electron chi connectivity index (χ1n) is 8.19. The molecule has 3 aromatic rings. The van der Waals surface area contributed by atoms with Gasteiger partial charge in [-0.25, -0.2) is 22.9 Å². The summed E-state index contributed by atoms with van der Waals surface area (Å²) in [5.74, 6) is -4.15. The van der Waals surface area contributed by atoms with E-state index >= 15 is 0 Å². The molecule has 0 aliphatic rings. The van der Waals surface area contributed by atoms with Crippen LogP contribution in [0.4, 0.5) is 18.0 Å². The molecule has 0 bridgehead atoms. The van der Waals surface area contributed by atoms with Gasteiger partial charge in [-0.1, -0.05) is 6.07 Å². The summed E-state index contributed by atoms with van der Waals surface area (Å²) in [6.45, 7) is 4.64. The smallest absolute Gasteiger partial charge is 0.478 e. The Balaban J connectivity index is 1.79. The highest BCUT2D eigenvalue weighted by Crippen LogP contribution is 2.28. The maximum atomic E-state index is 13.6. The lowest BCUT2D eigenvalue weighted by molar-refractivity contribution is 0.0209. The Morgan fingerprint density at radius 2 is 1.82 bits per heavy atom. The number of para-hydroxylation sites is 1. The van der Waals surface area contributed by atoms with Gasteiger partial charge in [-0.05, 0) is 32.9 Å². The minimum absolute atomic E-state index is 0.0293. The van der Waals surface area contributed by atoms with Gasteiger partial charge in [0.2, 0.25) is 5.89 Å². The largest absolute Gasteiger partial charge is 0.514 e. The molecule has 2 aromatic carbocycles. The third-order valence-corrected chi connectivity index (χ3v) is 3.31. The Labute approximate surface area is 157 Å². The first kappa shape index (κ1) is 19.5. The Kier molecular flexibility index (Phi) is 5.17. The molecule has 1 heterocycles. The van der Waals surface area contributed by atoms with E-state index in [1.54, 1.807) is 32.9 Å². The number of fused-ring (bicyclic) bond motifs is 1. The first-order chi connectivity index (χ1) is 13.1. The molecule has 0 unspecified atom stereocenters. The zero-order valence-corrected chi connectivity index (χ0v) is 15.2. The summed E-state index contributed by atoms with van der Waals surface area (Å²) in [6.07, 6.45) is -0.920. The average Bonchev–Trinajstić information content (AvgIpc) is 2.96. The summed E-state index contributed by atoms with van der Waals surface area (Å²) in [4.78, 5) is 16.0. The van der Waals surface area contributed by atoms with E-state index in [-0.39, 0.29) is 22.7 Å². The summed E-state index contributed by atoms with van der Waals surface area (Å²) in [6, 6.07) is 5.61. The van der Waals surface area contributed by atoms with Gasteiger partial charge in [0.15, 0.2) is 40.8 Å². The van der Waals surface area contributed by atoms with Crippen LogP contribution in [0.1, 0.15) is 26.7 Å². The third-order valence-electron chi connectivity index (χ3n) is 3.31. The topological polar surface area (TPSA) is 70.8 Å². The van der Waals surface area contributed by atoms with E-state index in [9.17, 15) is 18.0 Å². The normalized spacial score (nSPS) is 11.5. The van der Waals surface area contributed by atoms with Gasteiger partial charge >= 0.3 is 6.16 Å². The number of carbonyl (C=O) groups is 1. The molecule has 0 aliphatic heterocycles. The van der Waals surface area contributed by atoms with Gasteiger partial charge < -0.3 is 18.6 Å². The fourth-order valence-electron chi connectivity index (χ4n) is 2.27. The maximum absolute atomic E-state index is 13.6. The van der Waals surface area contributed by atoms with Gasteiger partial charge in [0.25, 0.3) is 0 Å². The third kappa shape index (κ3) is 4.54. The van der Waals surface area contributed by atoms with Crippen molar-refractivity contribution in [1.82, 2.24) is 4.98 Å². The van der Waals surface area contributed by atoms with Gasteiger partial charge in [-0.15, -0.1) is 0 Å². The minimum Gasteiger partial charge on any atom is -0.478 e. The molecule has 0 aliphatic carbocycles. The van der Waals surface area contributed by atoms with Crippen LogP contribution in [0.3, 0.4) is 0 Å². The molecule has 0 radical (unpaired) electrons.